The van der Waals surface area contributed by atoms with E-state index in [-0.39, 0.29) is 12.3 Å². The van der Waals surface area contributed by atoms with Crippen molar-refractivity contribution in [3.8, 4) is 5.75 Å². The van der Waals surface area contributed by atoms with Crippen LogP contribution >= 0.6 is 0 Å². The molecule has 38 heavy (non-hydrogen) atoms. The number of hydrogen-bond acceptors (Lipinski definition) is 10. The number of unbranched alkanes of at least 4 members (excludes halogenated alkanes) is 3. The summed E-state index contributed by atoms with van der Waals surface area (Å²) in [7, 11) is 1.54. The Kier molecular flexibility index (Phi) is 9.59. The zero-order chi connectivity index (χ0) is 26.7. The minimum atomic E-state index is -0.399. The Bertz CT molecular complexity index is 1250. The predicted octanol–water partition coefficient (Wildman–Crippen LogP) is 3.40. The van der Waals surface area contributed by atoms with Gasteiger partial charge in [-0.25, -0.2) is 20.4 Å². The van der Waals surface area contributed by atoms with Gasteiger partial charge in [0.15, 0.2) is 0 Å². The zero-order valence-corrected chi connectivity index (χ0v) is 21.4. The van der Waals surface area contributed by atoms with E-state index in [0.717, 1.165) is 31.6 Å². The second-order valence-electron chi connectivity index (χ2n) is 8.91. The summed E-state index contributed by atoms with van der Waals surface area (Å²) >= 11 is 0. The van der Waals surface area contributed by atoms with Gasteiger partial charge in [-0.15, -0.1) is 0 Å². The maximum absolute atomic E-state index is 12.6. The summed E-state index contributed by atoms with van der Waals surface area (Å²) in [5.74, 6) is 1.17. The molecule has 12 heteroatoms. The Hall–Kier alpha value is -4.03. The van der Waals surface area contributed by atoms with Crippen molar-refractivity contribution in [2.75, 3.05) is 48.9 Å². The molecule has 1 aromatic carbocycles. The highest BCUT2D eigenvalue weighted by molar-refractivity contribution is 5.99. The highest BCUT2D eigenvalue weighted by Gasteiger charge is 2.15. The molecule has 1 aliphatic rings. The van der Waals surface area contributed by atoms with Gasteiger partial charge in [0.25, 0.3) is 0 Å². The number of aromatic nitrogens is 3. The lowest BCUT2D eigenvalue weighted by Gasteiger charge is -2.29. The van der Waals surface area contributed by atoms with Gasteiger partial charge in [0, 0.05) is 55.3 Å². The molecule has 0 bridgehead atoms. The summed E-state index contributed by atoms with van der Waals surface area (Å²) in [4.78, 5) is 39.2. The third-order valence-electron chi connectivity index (χ3n) is 6.28. The molecule has 0 saturated carbocycles. The van der Waals surface area contributed by atoms with Crippen molar-refractivity contribution in [2.24, 2.45) is 0 Å². The monoisotopic (exact) mass is 523 g/mol. The molecule has 0 radical (unpaired) electrons. The molecule has 3 aromatic rings. The predicted molar refractivity (Wildman–Crippen MR) is 143 cm³/mol. The summed E-state index contributed by atoms with van der Waals surface area (Å²) in [6.45, 7) is 3.04. The third kappa shape index (κ3) is 7.26. The molecule has 4 rings (SSSR count). The smallest absolute Gasteiger partial charge is 0.243 e. The molecular weight excluding hydrogens is 490 g/mol. The molecule has 4 N–H and O–H groups in total. The van der Waals surface area contributed by atoms with Crippen LogP contribution in [0.5, 0.6) is 5.75 Å². The van der Waals surface area contributed by atoms with Crippen molar-refractivity contribution in [1.29, 1.82) is 0 Å². The number of anilines is 4. The maximum Gasteiger partial charge on any atom is 0.243 e. The molecule has 1 aliphatic heterocycles. The number of methoxy groups -OCH3 is 1. The fourth-order valence-corrected chi connectivity index (χ4v) is 4.27. The van der Waals surface area contributed by atoms with E-state index < -0.39 is 5.91 Å². The lowest BCUT2D eigenvalue weighted by atomic mass is 10.1. The molecule has 12 nitrogen and oxygen atoms in total. The number of benzene rings is 1. The maximum atomic E-state index is 12.6. The number of carbonyl (C=O) groups excluding carboxylic acids is 2. The number of amides is 2. The van der Waals surface area contributed by atoms with Crippen LogP contribution < -0.4 is 25.8 Å². The van der Waals surface area contributed by atoms with Gasteiger partial charge >= 0.3 is 0 Å². The van der Waals surface area contributed by atoms with Crippen LogP contribution in [0.2, 0.25) is 0 Å². The van der Waals surface area contributed by atoms with Gasteiger partial charge in [-0.3, -0.25) is 14.8 Å². The van der Waals surface area contributed by atoms with Gasteiger partial charge in [-0.1, -0.05) is 12.8 Å². The number of fused-ring (bicyclic) bond motifs is 1. The molecule has 0 spiro atoms. The van der Waals surface area contributed by atoms with Crippen molar-refractivity contribution >= 4 is 45.7 Å². The number of hydroxylamine groups is 1. The lowest BCUT2D eigenvalue weighted by Crippen LogP contribution is -2.36. The molecule has 1 fully saturated rings. The molecule has 0 aliphatic carbocycles. The van der Waals surface area contributed by atoms with Crippen LogP contribution in [0.3, 0.4) is 0 Å². The Morgan fingerprint density at radius 2 is 1.79 bits per heavy atom. The number of hydrogen-bond donors (Lipinski definition) is 4. The standard InChI is InChI=1S/C26H33N7O5/c1-37-22-16-20-19(15-21(22)30-24(34)6-4-2-3-5-7-25(35)32-36)26(29-17-28-20)31-23-14-18(8-9-27-23)33-10-12-38-13-11-33/h8-9,14-17,36H,2-7,10-13H2,1H3,(H,30,34)(H,32,35)(H,27,28,29,31). The summed E-state index contributed by atoms with van der Waals surface area (Å²) in [6, 6.07) is 7.51. The van der Waals surface area contributed by atoms with Crippen LogP contribution in [-0.4, -0.2) is 65.4 Å². The van der Waals surface area contributed by atoms with Gasteiger partial charge in [0.2, 0.25) is 11.8 Å². The summed E-state index contributed by atoms with van der Waals surface area (Å²) < 4.78 is 11.0. The second-order valence-corrected chi connectivity index (χ2v) is 8.91. The van der Waals surface area contributed by atoms with E-state index in [4.69, 9.17) is 14.7 Å². The van der Waals surface area contributed by atoms with E-state index >= 15 is 0 Å². The highest BCUT2D eigenvalue weighted by Crippen LogP contribution is 2.33. The molecule has 0 atom stereocenters. The van der Waals surface area contributed by atoms with E-state index in [1.54, 1.807) is 30.9 Å². The van der Waals surface area contributed by atoms with E-state index in [1.807, 2.05) is 12.1 Å². The molecular formula is C26H33N7O5. The van der Waals surface area contributed by atoms with Crippen LogP contribution in [0.4, 0.5) is 23.0 Å². The first kappa shape index (κ1) is 27.0. The zero-order valence-electron chi connectivity index (χ0n) is 21.4. The van der Waals surface area contributed by atoms with Crippen LogP contribution in [0.25, 0.3) is 10.9 Å². The van der Waals surface area contributed by atoms with E-state index in [9.17, 15) is 9.59 Å². The summed E-state index contributed by atoms with van der Waals surface area (Å²) in [5.41, 5.74) is 3.86. The van der Waals surface area contributed by atoms with Crippen LogP contribution in [-0.2, 0) is 14.3 Å². The average molecular weight is 524 g/mol. The lowest BCUT2D eigenvalue weighted by molar-refractivity contribution is -0.129. The molecule has 202 valence electrons. The fraction of sp³-hybridized carbons (Fsp3) is 0.423. The molecule has 3 heterocycles. The quantitative estimate of drug-likeness (QED) is 0.158. The van der Waals surface area contributed by atoms with Crippen LogP contribution in [0.1, 0.15) is 38.5 Å². The van der Waals surface area contributed by atoms with Crippen molar-refractivity contribution in [1.82, 2.24) is 20.4 Å². The minimum absolute atomic E-state index is 0.137. The third-order valence-corrected chi connectivity index (χ3v) is 6.28. The number of morpholine rings is 1. The van der Waals surface area contributed by atoms with Gasteiger partial charge < -0.3 is 25.0 Å². The number of carbonyl (C=O) groups is 2. The number of ether oxygens (including phenoxy) is 2. The SMILES string of the molecule is COc1cc2ncnc(Nc3cc(N4CCOCC4)ccn3)c2cc1NC(=O)CCCCCCC(=O)NO. The number of nitrogens with one attached hydrogen (secondary N) is 3. The summed E-state index contributed by atoms with van der Waals surface area (Å²) in [5, 5.41) is 15.5. The van der Waals surface area contributed by atoms with Crippen molar-refractivity contribution in [3.05, 3.63) is 36.8 Å². The first-order valence-corrected chi connectivity index (χ1v) is 12.7. The minimum Gasteiger partial charge on any atom is -0.494 e. The van der Waals surface area contributed by atoms with Crippen molar-refractivity contribution in [2.45, 2.75) is 38.5 Å². The van der Waals surface area contributed by atoms with Crippen LogP contribution in [0, 0.1) is 0 Å². The van der Waals surface area contributed by atoms with Gasteiger partial charge in [0.05, 0.1) is 31.5 Å². The number of pyridine rings is 1. The largest absolute Gasteiger partial charge is 0.494 e. The second kappa shape index (κ2) is 13.5. The van der Waals surface area contributed by atoms with Gasteiger partial charge in [-0.2, -0.15) is 0 Å². The number of rotatable bonds is 12. The van der Waals surface area contributed by atoms with E-state index in [2.05, 4.69) is 30.5 Å². The summed E-state index contributed by atoms with van der Waals surface area (Å²) in [6.07, 6.45) is 6.78. The Balaban J connectivity index is 1.44. The van der Waals surface area contributed by atoms with Crippen molar-refractivity contribution in [3.63, 3.8) is 0 Å². The normalized spacial score (nSPS) is 13.3. The Morgan fingerprint density at radius 1 is 1.03 bits per heavy atom. The van der Waals surface area contributed by atoms with Gasteiger partial charge in [-0.05, 0) is 25.0 Å². The van der Waals surface area contributed by atoms with Crippen LogP contribution in [0.15, 0.2) is 36.8 Å². The number of nitrogens with zero attached hydrogens (tertiary/aromatic N) is 4. The Morgan fingerprint density at radius 3 is 2.53 bits per heavy atom. The molecule has 2 amide bonds. The molecule has 2 aromatic heterocycles. The molecule has 1 saturated heterocycles. The molecule has 0 unspecified atom stereocenters. The first-order chi connectivity index (χ1) is 18.6. The Labute approximate surface area is 220 Å². The van der Waals surface area contributed by atoms with Crippen molar-refractivity contribution < 1.29 is 24.3 Å². The van der Waals surface area contributed by atoms with Gasteiger partial charge in [0.1, 0.15) is 23.7 Å². The topological polar surface area (TPSA) is 151 Å². The van der Waals surface area contributed by atoms with E-state index in [1.165, 1.54) is 6.33 Å². The highest BCUT2D eigenvalue weighted by atomic mass is 16.5. The fourth-order valence-electron chi connectivity index (χ4n) is 4.27. The first-order valence-electron chi connectivity index (χ1n) is 12.7. The van der Waals surface area contributed by atoms with E-state index in [0.29, 0.717) is 66.5 Å². The average Bonchev–Trinajstić information content (AvgIpc) is 2.95.